The van der Waals surface area contributed by atoms with Crippen LogP contribution in [0.4, 0.5) is 0 Å². The summed E-state index contributed by atoms with van der Waals surface area (Å²) < 4.78 is 5.66. The Balaban J connectivity index is 1.53. The second-order valence-corrected chi connectivity index (χ2v) is 8.19. The zero-order valence-electron chi connectivity index (χ0n) is 16.4. The molecule has 1 aliphatic rings. The van der Waals surface area contributed by atoms with Gasteiger partial charge in [0.2, 0.25) is 0 Å². The van der Waals surface area contributed by atoms with Crippen LogP contribution in [0.15, 0.2) is 35.7 Å². The standard InChI is InChI=1S/C21H29N3O2S/c1-16-6-7-18(13-17(16)2)26-15-21(25)22-14-19(20-5-4-12-27-20)24-10-8-23(3)9-11-24/h4-7,12-13,19H,8-11,14-15H2,1-3H3,(H,22,25). The van der Waals surface area contributed by atoms with Gasteiger partial charge in [-0.15, -0.1) is 11.3 Å². The number of aryl methyl sites for hydroxylation is 2. The summed E-state index contributed by atoms with van der Waals surface area (Å²) in [6, 6.07) is 10.4. The molecule has 0 saturated carbocycles. The Bertz CT molecular complexity index is 740. The molecule has 3 rings (SSSR count). The van der Waals surface area contributed by atoms with E-state index in [2.05, 4.69) is 46.6 Å². The Hall–Kier alpha value is -1.89. The highest BCUT2D eigenvalue weighted by atomic mass is 32.1. The van der Waals surface area contributed by atoms with Gasteiger partial charge in [0.1, 0.15) is 5.75 Å². The normalized spacial score (nSPS) is 16.9. The fraction of sp³-hybridized carbons (Fsp3) is 0.476. The first-order chi connectivity index (χ1) is 13.0. The van der Waals surface area contributed by atoms with Crippen molar-refractivity contribution in [2.24, 2.45) is 0 Å². The molecule has 1 unspecified atom stereocenters. The van der Waals surface area contributed by atoms with Gasteiger partial charge in [0.05, 0.1) is 6.04 Å². The largest absolute Gasteiger partial charge is 0.484 e. The van der Waals surface area contributed by atoms with Crippen molar-refractivity contribution in [3.05, 3.63) is 51.7 Å². The summed E-state index contributed by atoms with van der Waals surface area (Å²) in [4.78, 5) is 18.4. The third-order valence-corrected chi connectivity index (χ3v) is 6.16. The van der Waals surface area contributed by atoms with E-state index < -0.39 is 0 Å². The monoisotopic (exact) mass is 387 g/mol. The molecule has 6 heteroatoms. The molecule has 0 aliphatic carbocycles. The van der Waals surface area contributed by atoms with Crippen LogP contribution >= 0.6 is 11.3 Å². The number of hydrogen-bond donors (Lipinski definition) is 1. The molecule has 5 nitrogen and oxygen atoms in total. The van der Waals surface area contributed by atoms with Crippen molar-refractivity contribution in [3.8, 4) is 5.75 Å². The maximum Gasteiger partial charge on any atom is 0.258 e. The van der Waals surface area contributed by atoms with Crippen LogP contribution in [0, 0.1) is 13.8 Å². The van der Waals surface area contributed by atoms with Gasteiger partial charge in [-0.2, -0.15) is 0 Å². The molecule has 2 heterocycles. The van der Waals surface area contributed by atoms with Crippen molar-refractivity contribution in [2.75, 3.05) is 46.4 Å². The summed E-state index contributed by atoms with van der Waals surface area (Å²) in [7, 11) is 2.16. The Morgan fingerprint density at radius 3 is 2.63 bits per heavy atom. The van der Waals surface area contributed by atoms with Gasteiger partial charge in [0.25, 0.3) is 5.91 Å². The molecule has 1 fully saturated rings. The van der Waals surface area contributed by atoms with Crippen LogP contribution in [-0.2, 0) is 4.79 Å². The highest BCUT2D eigenvalue weighted by Gasteiger charge is 2.25. The van der Waals surface area contributed by atoms with Crippen LogP contribution in [0.2, 0.25) is 0 Å². The number of rotatable bonds is 7. The second kappa shape index (κ2) is 9.35. The number of carbonyl (C=O) groups excluding carboxylic acids is 1. The molecule has 1 aromatic heterocycles. The summed E-state index contributed by atoms with van der Waals surface area (Å²) in [6.07, 6.45) is 0. The van der Waals surface area contributed by atoms with Gasteiger partial charge in [0.15, 0.2) is 6.61 Å². The third-order valence-electron chi connectivity index (χ3n) is 5.19. The lowest BCUT2D eigenvalue weighted by Crippen LogP contribution is -2.48. The quantitative estimate of drug-likeness (QED) is 0.794. The van der Waals surface area contributed by atoms with Crippen molar-refractivity contribution in [2.45, 2.75) is 19.9 Å². The zero-order valence-corrected chi connectivity index (χ0v) is 17.2. The van der Waals surface area contributed by atoms with Crippen molar-refractivity contribution >= 4 is 17.2 Å². The minimum Gasteiger partial charge on any atom is -0.484 e. The smallest absolute Gasteiger partial charge is 0.258 e. The molecule has 1 atom stereocenters. The van der Waals surface area contributed by atoms with E-state index in [9.17, 15) is 4.79 Å². The lowest BCUT2D eigenvalue weighted by Gasteiger charge is -2.37. The van der Waals surface area contributed by atoms with E-state index >= 15 is 0 Å². The molecule has 0 spiro atoms. The van der Waals surface area contributed by atoms with Crippen LogP contribution in [0.3, 0.4) is 0 Å². The summed E-state index contributed by atoms with van der Waals surface area (Å²) in [5, 5.41) is 5.16. The Morgan fingerprint density at radius 1 is 1.19 bits per heavy atom. The molecule has 1 aromatic carbocycles. The van der Waals surface area contributed by atoms with E-state index in [1.54, 1.807) is 11.3 Å². The highest BCUT2D eigenvalue weighted by Crippen LogP contribution is 2.25. The lowest BCUT2D eigenvalue weighted by atomic mass is 10.1. The molecule has 1 aliphatic heterocycles. The summed E-state index contributed by atoms with van der Waals surface area (Å²) in [5.41, 5.74) is 2.39. The van der Waals surface area contributed by atoms with Crippen LogP contribution < -0.4 is 10.1 Å². The van der Waals surface area contributed by atoms with E-state index in [0.717, 1.165) is 31.9 Å². The number of nitrogens with one attached hydrogen (secondary N) is 1. The Morgan fingerprint density at radius 2 is 1.96 bits per heavy atom. The minimum absolute atomic E-state index is 0.0440. The SMILES string of the molecule is Cc1ccc(OCC(=O)NCC(c2cccs2)N2CCN(C)CC2)cc1C. The highest BCUT2D eigenvalue weighted by molar-refractivity contribution is 7.10. The van der Waals surface area contributed by atoms with Crippen molar-refractivity contribution in [1.82, 2.24) is 15.1 Å². The summed E-state index contributed by atoms with van der Waals surface area (Å²) in [6.45, 7) is 8.93. The van der Waals surface area contributed by atoms with Crippen molar-refractivity contribution in [3.63, 3.8) is 0 Å². The molecule has 2 aromatic rings. The number of benzene rings is 1. The van der Waals surface area contributed by atoms with E-state index in [1.165, 1.54) is 16.0 Å². The molecular formula is C21H29N3O2S. The molecule has 27 heavy (non-hydrogen) atoms. The van der Waals surface area contributed by atoms with Crippen LogP contribution in [0.5, 0.6) is 5.75 Å². The van der Waals surface area contributed by atoms with Gasteiger partial charge in [-0.05, 0) is 55.6 Å². The zero-order chi connectivity index (χ0) is 19.2. The average molecular weight is 388 g/mol. The Labute approximate surface area is 165 Å². The first-order valence-electron chi connectivity index (χ1n) is 9.45. The molecule has 1 saturated heterocycles. The maximum atomic E-state index is 12.3. The van der Waals surface area contributed by atoms with Crippen LogP contribution in [0.25, 0.3) is 0 Å². The fourth-order valence-electron chi connectivity index (χ4n) is 3.24. The van der Waals surface area contributed by atoms with Gasteiger partial charge < -0.3 is 15.0 Å². The van der Waals surface area contributed by atoms with Gasteiger partial charge in [0, 0.05) is 37.6 Å². The lowest BCUT2D eigenvalue weighted by molar-refractivity contribution is -0.123. The predicted molar refractivity (Wildman–Crippen MR) is 111 cm³/mol. The topological polar surface area (TPSA) is 44.8 Å². The summed E-state index contributed by atoms with van der Waals surface area (Å²) in [5.74, 6) is 0.658. The fourth-order valence-corrected chi connectivity index (χ4v) is 4.10. The van der Waals surface area contributed by atoms with Crippen LogP contribution in [-0.4, -0.2) is 62.1 Å². The van der Waals surface area contributed by atoms with E-state index in [-0.39, 0.29) is 18.6 Å². The van der Waals surface area contributed by atoms with E-state index in [0.29, 0.717) is 6.54 Å². The third kappa shape index (κ3) is 5.54. The van der Waals surface area contributed by atoms with Gasteiger partial charge in [-0.25, -0.2) is 0 Å². The molecular weight excluding hydrogens is 358 g/mol. The second-order valence-electron chi connectivity index (χ2n) is 7.21. The molecule has 0 bridgehead atoms. The van der Waals surface area contributed by atoms with Crippen molar-refractivity contribution < 1.29 is 9.53 Å². The number of ether oxygens (including phenoxy) is 1. The maximum absolute atomic E-state index is 12.3. The van der Waals surface area contributed by atoms with Gasteiger partial charge in [-0.1, -0.05) is 12.1 Å². The molecule has 0 radical (unpaired) electrons. The van der Waals surface area contributed by atoms with Gasteiger partial charge >= 0.3 is 0 Å². The van der Waals surface area contributed by atoms with Crippen LogP contribution in [0.1, 0.15) is 22.0 Å². The molecule has 146 valence electrons. The van der Waals surface area contributed by atoms with E-state index in [4.69, 9.17) is 4.74 Å². The van der Waals surface area contributed by atoms with E-state index in [1.807, 2.05) is 25.1 Å². The van der Waals surface area contributed by atoms with Crippen molar-refractivity contribution in [1.29, 1.82) is 0 Å². The summed E-state index contributed by atoms with van der Waals surface area (Å²) >= 11 is 1.75. The molecule has 1 N–H and O–H groups in total. The number of hydrogen-bond acceptors (Lipinski definition) is 5. The Kier molecular flexibility index (Phi) is 6.88. The molecule has 1 amide bonds. The number of piperazine rings is 1. The van der Waals surface area contributed by atoms with Gasteiger partial charge in [-0.3, -0.25) is 9.69 Å². The first-order valence-corrected chi connectivity index (χ1v) is 10.3. The number of carbonyl (C=O) groups is 1. The predicted octanol–water partition coefficient (Wildman–Crippen LogP) is 2.85. The number of likely N-dealkylation sites (N-methyl/N-ethyl adjacent to an activating group) is 1. The number of thiophene rings is 1. The average Bonchev–Trinajstić information content (AvgIpc) is 3.19. The first kappa shape index (κ1) is 19.9. The number of nitrogens with zero attached hydrogens (tertiary/aromatic N) is 2. The number of amides is 1. The minimum atomic E-state index is -0.0797.